The van der Waals surface area contributed by atoms with Crippen LogP contribution in [0.5, 0.6) is 0 Å². The Hall–Kier alpha value is -1.99. The summed E-state index contributed by atoms with van der Waals surface area (Å²) in [5, 5.41) is 5.07. The number of primary amides is 1. The van der Waals surface area contributed by atoms with Crippen molar-refractivity contribution in [1.82, 2.24) is 5.32 Å². The molecule has 3 N–H and O–H groups in total. The number of thiophene rings is 1. The molecule has 2 amide bonds. The van der Waals surface area contributed by atoms with Crippen molar-refractivity contribution in [3.63, 3.8) is 0 Å². The summed E-state index contributed by atoms with van der Waals surface area (Å²) < 4.78 is 26.4. The van der Waals surface area contributed by atoms with Crippen LogP contribution in [0.2, 0.25) is 0 Å². The summed E-state index contributed by atoms with van der Waals surface area (Å²) in [5.41, 5.74) is 6.81. The third kappa shape index (κ3) is 3.35. The van der Waals surface area contributed by atoms with Crippen molar-refractivity contribution in [3.8, 4) is 10.4 Å². The zero-order valence-corrected chi connectivity index (χ0v) is 13.2. The van der Waals surface area contributed by atoms with Gasteiger partial charge >= 0.3 is 6.03 Å². The molecule has 3 rings (SSSR count). The van der Waals surface area contributed by atoms with Gasteiger partial charge in [0.25, 0.3) is 0 Å². The van der Waals surface area contributed by atoms with E-state index in [0.29, 0.717) is 17.8 Å². The van der Waals surface area contributed by atoms with Gasteiger partial charge in [0.15, 0.2) is 11.6 Å². The first kappa shape index (κ1) is 15.9. The molecule has 4 nitrogen and oxygen atoms in total. The van der Waals surface area contributed by atoms with Crippen molar-refractivity contribution in [2.45, 2.75) is 18.9 Å². The van der Waals surface area contributed by atoms with Gasteiger partial charge in [-0.05, 0) is 43.1 Å². The second kappa shape index (κ2) is 6.64. The number of hydrogen-bond donors (Lipinski definition) is 2. The maximum Gasteiger partial charge on any atom is 0.319 e. The van der Waals surface area contributed by atoms with Gasteiger partial charge in [-0.15, -0.1) is 11.3 Å². The molecule has 7 heteroatoms. The third-order valence-corrected chi connectivity index (χ3v) is 4.91. The lowest BCUT2D eigenvalue weighted by Crippen LogP contribution is -2.50. The summed E-state index contributed by atoms with van der Waals surface area (Å²) in [4.78, 5) is 14.2. The Morgan fingerprint density at radius 2 is 2.13 bits per heavy atom. The van der Waals surface area contributed by atoms with E-state index >= 15 is 0 Å². The molecular weight excluding hydrogens is 320 g/mol. The zero-order chi connectivity index (χ0) is 16.4. The van der Waals surface area contributed by atoms with E-state index < -0.39 is 17.7 Å². The molecule has 1 atom stereocenters. The van der Waals surface area contributed by atoms with E-state index in [1.165, 1.54) is 17.4 Å². The molecule has 1 saturated heterocycles. The lowest BCUT2D eigenvalue weighted by atomic mass is 10.1. The molecule has 1 fully saturated rings. The Labute approximate surface area is 136 Å². The summed E-state index contributed by atoms with van der Waals surface area (Å²) >= 11 is 1.37. The van der Waals surface area contributed by atoms with Gasteiger partial charge in [-0.3, -0.25) is 4.90 Å². The number of hydrogen-bond acceptors (Lipinski definition) is 3. The van der Waals surface area contributed by atoms with Gasteiger partial charge in [-0.2, -0.15) is 0 Å². The minimum Gasteiger partial charge on any atom is -0.351 e. The molecule has 122 valence electrons. The highest BCUT2D eigenvalue weighted by molar-refractivity contribution is 7.14. The van der Waals surface area contributed by atoms with Crippen LogP contribution in [0.15, 0.2) is 29.6 Å². The fourth-order valence-electron chi connectivity index (χ4n) is 2.83. The van der Waals surface area contributed by atoms with Crippen LogP contribution in [0.1, 0.15) is 12.8 Å². The highest BCUT2D eigenvalue weighted by atomic mass is 32.1. The fourth-order valence-corrected chi connectivity index (χ4v) is 3.71. The highest BCUT2D eigenvalue weighted by Gasteiger charge is 2.26. The Bertz CT molecular complexity index is 713. The van der Waals surface area contributed by atoms with Gasteiger partial charge in [0.2, 0.25) is 0 Å². The van der Waals surface area contributed by atoms with E-state index in [9.17, 15) is 13.6 Å². The van der Waals surface area contributed by atoms with Crippen molar-refractivity contribution < 1.29 is 13.6 Å². The quantitative estimate of drug-likeness (QED) is 0.902. The molecule has 0 saturated carbocycles. The van der Waals surface area contributed by atoms with Crippen molar-refractivity contribution in [2.24, 2.45) is 5.73 Å². The molecule has 0 radical (unpaired) electrons. The van der Waals surface area contributed by atoms with E-state index in [1.54, 1.807) is 11.0 Å². The van der Waals surface area contributed by atoms with Crippen LogP contribution in [0.3, 0.4) is 0 Å². The summed E-state index contributed by atoms with van der Waals surface area (Å²) in [6.07, 6.45) is 1.86. The first-order valence-corrected chi connectivity index (χ1v) is 8.27. The Balaban J connectivity index is 1.89. The Morgan fingerprint density at radius 1 is 1.30 bits per heavy atom. The number of carbonyl (C=O) groups excluding carboxylic acids is 1. The minimum absolute atomic E-state index is 0.00801. The molecule has 1 aliphatic rings. The predicted octanol–water partition coefficient (Wildman–Crippen LogP) is 3.33. The van der Waals surface area contributed by atoms with Crippen LogP contribution in [0.4, 0.5) is 19.3 Å². The normalized spacial score (nSPS) is 17.9. The smallest absolute Gasteiger partial charge is 0.319 e. The number of piperidine rings is 1. The Kier molecular flexibility index (Phi) is 4.58. The van der Waals surface area contributed by atoms with Gasteiger partial charge in [-0.25, -0.2) is 13.6 Å². The van der Waals surface area contributed by atoms with Crippen molar-refractivity contribution in [3.05, 3.63) is 41.3 Å². The first-order valence-electron chi connectivity index (χ1n) is 7.39. The number of nitrogens with two attached hydrogens (primary N) is 1. The number of nitrogens with zero attached hydrogens (tertiary/aromatic N) is 1. The molecule has 0 bridgehead atoms. The molecular formula is C16H17F2N3OS. The number of anilines is 1. The fraction of sp³-hybridized carbons (Fsp3) is 0.312. The minimum atomic E-state index is -0.888. The number of urea groups is 1. The number of nitrogens with one attached hydrogen (secondary N) is 1. The average molecular weight is 337 g/mol. The number of halogens is 2. The summed E-state index contributed by atoms with van der Waals surface area (Å²) in [6.45, 7) is 1.63. The standard InChI is InChI=1S/C16H17F2N3OS/c17-13-4-3-10(6-14(13)18)15-7-12(9-23-15)21(16(19)22)11-2-1-5-20-8-11/h3-4,6-7,9,11,20H,1-2,5,8H2,(H2,19,22)/t11-/m0/s1. The molecule has 1 aromatic carbocycles. The molecule has 1 aromatic heterocycles. The lowest BCUT2D eigenvalue weighted by Gasteiger charge is -2.32. The second-order valence-corrected chi connectivity index (χ2v) is 6.42. The van der Waals surface area contributed by atoms with Crippen LogP contribution in [0.25, 0.3) is 10.4 Å². The third-order valence-electron chi connectivity index (χ3n) is 3.94. The number of carbonyl (C=O) groups is 1. The van der Waals surface area contributed by atoms with E-state index in [-0.39, 0.29) is 6.04 Å². The van der Waals surface area contributed by atoms with Crippen LogP contribution in [-0.2, 0) is 0 Å². The summed E-state index contributed by atoms with van der Waals surface area (Å²) in [5.74, 6) is -1.77. The second-order valence-electron chi connectivity index (χ2n) is 5.51. The SMILES string of the molecule is NC(=O)N(c1csc(-c2ccc(F)c(F)c2)c1)[C@H]1CCCNC1. The summed E-state index contributed by atoms with van der Waals surface area (Å²) in [6, 6.07) is 5.06. The van der Waals surface area contributed by atoms with E-state index in [4.69, 9.17) is 5.73 Å². The highest BCUT2D eigenvalue weighted by Crippen LogP contribution is 2.33. The van der Waals surface area contributed by atoms with Crippen LogP contribution < -0.4 is 16.0 Å². The predicted molar refractivity (Wildman–Crippen MR) is 87.6 cm³/mol. The van der Waals surface area contributed by atoms with Gasteiger partial charge in [0.05, 0.1) is 11.7 Å². The number of benzene rings is 1. The topological polar surface area (TPSA) is 58.4 Å². The lowest BCUT2D eigenvalue weighted by molar-refractivity contribution is 0.250. The maximum atomic E-state index is 13.4. The molecule has 0 spiro atoms. The van der Waals surface area contributed by atoms with Gasteiger partial charge in [0, 0.05) is 16.8 Å². The van der Waals surface area contributed by atoms with Crippen LogP contribution in [0, 0.1) is 11.6 Å². The molecule has 1 aliphatic heterocycles. The van der Waals surface area contributed by atoms with Gasteiger partial charge in [0.1, 0.15) is 0 Å². The largest absolute Gasteiger partial charge is 0.351 e. The molecule has 23 heavy (non-hydrogen) atoms. The van der Waals surface area contributed by atoms with E-state index in [2.05, 4.69) is 5.32 Å². The first-order chi connectivity index (χ1) is 11.1. The Morgan fingerprint density at radius 3 is 2.78 bits per heavy atom. The van der Waals surface area contributed by atoms with Gasteiger partial charge in [-0.1, -0.05) is 6.07 Å². The van der Waals surface area contributed by atoms with Gasteiger partial charge < -0.3 is 11.1 Å². The van der Waals surface area contributed by atoms with Crippen LogP contribution in [-0.4, -0.2) is 25.2 Å². The van der Waals surface area contributed by atoms with Crippen molar-refractivity contribution >= 4 is 23.1 Å². The summed E-state index contributed by atoms with van der Waals surface area (Å²) in [7, 11) is 0. The van der Waals surface area contributed by atoms with E-state index in [0.717, 1.165) is 36.4 Å². The van der Waals surface area contributed by atoms with Crippen molar-refractivity contribution in [2.75, 3.05) is 18.0 Å². The number of amides is 2. The van der Waals surface area contributed by atoms with Crippen LogP contribution >= 0.6 is 11.3 Å². The molecule has 2 heterocycles. The zero-order valence-electron chi connectivity index (χ0n) is 12.4. The molecule has 0 aliphatic carbocycles. The monoisotopic (exact) mass is 337 g/mol. The molecule has 2 aromatic rings. The molecule has 0 unspecified atom stereocenters. The number of rotatable bonds is 3. The maximum absolute atomic E-state index is 13.4. The van der Waals surface area contributed by atoms with Crippen molar-refractivity contribution in [1.29, 1.82) is 0 Å². The van der Waals surface area contributed by atoms with E-state index in [1.807, 2.05) is 5.38 Å². The average Bonchev–Trinajstić information content (AvgIpc) is 3.00.